The number of halogens is 2. The summed E-state index contributed by atoms with van der Waals surface area (Å²) in [6.45, 7) is 0.248. The first-order valence-corrected chi connectivity index (χ1v) is 3.22. The fourth-order valence-electron chi connectivity index (χ4n) is 0.973. The van der Waals surface area contributed by atoms with Crippen molar-refractivity contribution in [3.05, 3.63) is 12.1 Å². The van der Waals surface area contributed by atoms with Crippen LogP contribution >= 0.6 is 24.8 Å². The van der Waals surface area contributed by atoms with Gasteiger partial charge in [-0.05, 0) is 0 Å². The second kappa shape index (κ2) is 4.30. The maximum Gasteiger partial charge on any atom is 0.231 e. The zero-order valence-electron chi connectivity index (χ0n) is 6.65. The first-order chi connectivity index (χ1) is 5.27. The van der Waals surface area contributed by atoms with Crippen molar-refractivity contribution in [3.8, 4) is 11.5 Å². The summed E-state index contributed by atoms with van der Waals surface area (Å²) >= 11 is 0. The molecule has 1 heterocycles. The highest BCUT2D eigenvalue weighted by molar-refractivity contribution is 5.85. The Morgan fingerprint density at radius 1 is 0.923 bits per heavy atom. The molecule has 4 nitrogen and oxygen atoms in total. The Morgan fingerprint density at radius 3 is 1.69 bits per heavy atom. The van der Waals surface area contributed by atoms with Gasteiger partial charge in [-0.2, -0.15) is 0 Å². The van der Waals surface area contributed by atoms with Gasteiger partial charge < -0.3 is 20.9 Å². The lowest BCUT2D eigenvalue weighted by Crippen LogP contribution is -1.93. The molecule has 6 heteroatoms. The van der Waals surface area contributed by atoms with Crippen molar-refractivity contribution in [2.75, 3.05) is 18.3 Å². The highest BCUT2D eigenvalue weighted by Crippen LogP contribution is 2.36. The summed E-state index contributed by atoms with van der Waals surface area (Å²) in [6, 6.07) is 3.33. The summed E-state index contributed by atoms with van der Waals surface area (Å²) in [5.74, 6) is 1.33. The van der Waals surface area contributed by atoms with E-state index in [9.17, 15) is 0 Å². The minimum Gasteiger partial charge on any atom is -0.454 e. The molecule has 4 N–H and O–H groups in total. The highest BCUT2D eigenvalue weighted by Gasteiger charge is 2.14. The van der Waals surface area contributed by atoms with Crippen LogP contribution in [0.5, 0.6) is 11.5 Å². The second-order valence-electron chi connectivity index (χ2n) is 2.33. The molecule has 0 spiro atoms. The molecule has 1 aliphatic heterocycles. The fourth-order valence-corrected chi connectivity index (χ4v) is 0.973. The van der Waals surface area contributed by atoms with Crippen molar-refractivity contribution in [3.63, 3.8) is 0 Å². The van der Waals surface area contributed by atoms with E-state index in [0.717, 1.165) is 0 Å². The van der Waals surface area contributed by atoms with Crippen LogP contribution < -0.4 is 20.9 Å². The number of hydrogen-bond donors (Lipinski definition) is 2. The molecule has 1 aliphatic rings. The summed E-state index contributed by atoms with van der Waals surface area (Å²) in [5, 5.41) is 0. The molecule has 0 amide bonds. The molecule has 1 aromatic carbocycles. The molecule has 0 aromatic heterocycles. The molecule has 2 rings (SSSR count). The molecule has 0 saturated heterocycles. The standard InChI is InChI=1S/C7H8N2O2.2ClH/c8-4-1-6-7(2-5(4)9)11-3-10-6;;/h1-2H,3,8-9H2;2*1H. The van der Waals surface area contributed by atoms with Crippen molar-refractivity contribution in [1.29, 1.82) is 0 Å². The number of hydrogen-bond acceptors (Lipinski definition) is 4. The van der Waals surface area contributed by atoms with Crippen molar-refractivity contribution in [2.45, 2.75) is 0 Å². The Kier molecular flexibility index (Phi) is 3.97. The molecule has 0 aliphatic carbocycles. The van der Waals surface area contributed by atoms with Crippen LogP contribution in [-0.4, -0.2) is 6.79 Å². The van der Waals surface area contributed by atoms with Crippen molar-refractivity contribution >= 4 is 36.2 Å². The van der Waals surface area contributed by atoms with Crippen molar-refractivity contribution < 1.29 is 9.47 Å². The van der Waals surface area contributed by atoms with Gasteiger partial charge in [0, 0.05) is 12.1 Å². The van der Waals surface area contributed by atoms with Crippen LogP contribution in [0.2, 0.25) is 0 Å². The first kappa shape index (κ1) is 12.0. The van der Waals surface area contributed by atoms with E-state index in [-0.39, 0.29) is 31.6 Å². The lowest BCUT2D eigenvalue weighted by atomic mass is 10.2. The zero-order chi connectivity index (χ0) is 7.84. The van der Waals surface area contributed by atoms with Gasteiger partial charge in [-0.15, -0.1) is 24.8 Å². The average Bonchev–Trinajstić information content (AvgIpc) is 2.36. The van der Waals surface area contributed by atoms with E-state index in [0.29, 0.717) is 22.9 Å². The van der Waals surface area contributed by atoms with Gasteiger partial charge >= 0.3 is 0 Å². The van der Waals surface area contributed by atoms with Crippen LogP contribution in [0.3, 0.4) is 0 Å². The van der Waals surface area contributed by atoms with Crippen LogP contribution in [0, 0.1) is 0 Å². The molecule has 0 fully saturated rings. The smallest absolute Gasteiger partial charge is 0.231 e. The van der Waals surface area contributed by atoms with Gasteiger partial charge in [0.15, 0.2) is 11.5 Å². The van der Waals surface area contributed by atoms with Crippen molar-refractivity contribution in [1.82, 2.24) is 0 Å². The zero-order valence-corrected chi connectivity index (χ0v) is 8.28. The lowest BCUT2D eigenvalue weighted by Gasteiger charge is -2.00. The van der Waals surface area contributed by atoms with Gasteiger partial charge in [0.25, 0.3) is 0 Å². The number of anilines is 2. The van der Waals surface area contributed by atoms with E-state index >= 15 is 0 Å². The third-order valence-electron chi connectivity index (χ3n) is 1.58. The number of nitrogen functional groups attached to an aromatic ring is 2. The highest BCUT2D eigenvalue weighted by atomic mass is 35.5. The van der Waals surface area contributed by atoms with E-state index in [2.05, 4.69) is 0 Å². The summed E-state index contributed by atoms with van der Waals surface area (Å²) < 4.78 is 10.2. The Bertz CT molecular complexity index is 278. The van der Waals surface area contributed by atoms with E-state index in [4.69, 9.17) is 20.9 Å². The summed E-state index contributed by atoms with van der Waals surface area (Å²) in [7, 11) is 0. The van der Waals surface area contributed by atoms with Crippen LogP contribution in [0.15, 0.2) is 12.1 Å². The van der Waals surface area contributed by atoms with Crippen LogP contribution in [0.25, 0.3) is 0 Å². The number of nitrogens with two attached hydrogens (primary N) is 2. The molecule has 0 saturated carbocycles. The minimum atomic E-state index is 0. The molecule has 74 valence electrons. The Hall–Kier alpha value is -1.00. The van der Waals surface area contributed by atoms with Gasteiger partial charge in [-0.1, -0.05) is 0 Å². The summed E-state index contributed by atoms with van der Waals surface area (Å²) in [4.78, 5) is 0. The molecular formula is C7H10Cl2N2O2. The van der Waals surface area contributed by atoms with E-state index < -0.39 is 0 Å². The number of fused-ring (bicyclic) bond motifs is 1. The summed E-state index contributed by atoms with van der Waals surface area (Å²) in [5.41, 5.74) is 12.1. The molecule has 0 atom stereocenters. The second-order valence-corrected chi connectivity index (χ2v) is 2.33. The van der Waals surface area contributed by atoms with Gasteiger partial charge in [0.05, 0.1) is 11.4 Å². The Labute approximate surface area is 88.0 Å². The third-order valence-corrected chi connectivity index (χ3v) is 1.58. The Balaban J connectivity index is 0.000000720. The number of ether oxygens (including phenoxy) is 2. The molecule has 0 radical (unpaired) electrons. The van der Waals surface area contributed by atoms with Crippen molar-refractivity contribution in [2.24, 2.45) is 0 Å². The number of benzene rings is 1. The van der Waals surface area contributed by atoms with E-state index in [1.807, 2.05) is 0 Å². The third kappa shape index (κ3) is 2.02. The van der Waals surface area contributed by atoms with Gasteiger partial charge in [-0.25, -0.2) is 0 Å². The largest absolute Gasteiger partial charge is 0.454 e. The first-order valence-electron chi connectivity index (χ1n) is 3.22. The Morgan fingerprint density at radius 2 is 1.31 bits per heavy atom. The average molecular weight is 225 g/mol. The van der Waals surface area contributed by atoms with E-state index in [1.165, 1.54) is 0 Å². The van der Waals surface area contributed by atoms with Gasteiger partial charge in [0.2, 0.25) is 6.79 Å². The fraction of sp³-hybridized carbons (Fsp3) is 0.143. The summed E-state index contributed by atoms with van der Waals surface area (Å²) in [6.07, 6.45) is 0. The van der Waals surface area contributed by atoms with Crippen LogP contribution in [0.1, 0.15) is 0 Å². The SMILES string of the molecule is Cl.Cl.Nc1cc2c(cc1N)OCO2. The molecule has 0 unspecified atom stereocenters. The predicted molar refractivity (Wildman–Crippen MR) is 55.9 cm³/mol. The maximum atomic E-state index is 5.53. The van der Waals surface area contributed by atoms with E-state index in [1.54, 1.807) is 12.1 Å². The molecule has 0 bridgehead atoms. The van der Waals surface area contributed by atoms with Gasteiger partial charge in [0.1, 0.15) is 0 Å². The van der Waals surface area contributed by atoms with Crippen LogP contribution in [-0.2, 0) is 0 Å². The molecular weight excluding hydrogens is 215 g/mol. The lowest BCUT2D eigenvalue weighted by molar-refractivity contribution is 0.174. The van der Waals surface area contributed by atoms with Gasteiger partial charge in [-0.3, -0.25) is 0 Å². The monoisotopic (exact) mass is 224 g/mol. The number of rotatable bonds is 0. The van der Waals surface area contributed by atoms with Crippen LogP contribution in [0.4, 0.5) is 11.4 Å². The molecule has 13 heavy (non-hydrogen) atoms. The quantitative estimate of drug-likeness (QED) is 0.655. The topological polar surface area (TPSA) is 70.5 Å². The predicted octanol–water partition coefficient (Wildman–Crippen LogP) is 1.42. The normalized spacial score (nSPS) is 11.4. The molecule has 1 aromatic rings. The maximum absolute atomic E-state index is 5.53. The minimum absolute atomic E-state index is 0.